The van der Waals surface area contributed by atoms with Crippen LogP contribution in [0, 0.1) is 0 Å². The third kappa shape index (κ3) is 4.00. The Morgan fingerprint density at radius 2 is 2.19 bits per heavy atom. The second kappa shape index (κ2) is 5.75. The predicted octanol–water partition coefficient (Wildman–Crippen LogP) is 0.438. The van der Waals surface area contributed by atoms with Gasteiger partial charge in [-0.2, -0.15) is 0 Å². The summed E-state index contributed by atoms with van der Waals surface area (Å²) in [6.07, 6.45) is 0.143. The Morgan fingerprint density at radius 3 is 2.81 bits per heavy atom. The Labute approximate surface area is 93.0 Å². The van der Waals surface area contributed by atoms with Gasteiger partial charge in [0.05, 0.1) is 13.5 Å². The molecule has 0 heterocycles. The van der Waals surface area contributed by atoms with E-state index in [1.165, 1.54) is 0 Å². The molecule has 1 aromatic carbocycles. The third-order valence-electron chi connectivity index (χ3n) is 1.94. The van der Waals surface area contributed by atoms with E-state index in [9.17, 15) is 9.59 Å². The van der Waals surface area contributed by atoms with Crippen LogP contribution in [0.2, 0.25) is 0 Å². The first-order valence-electron chi connectivity index (χ1n) is 4.73. The number of methoxy groups -OCH3 is 1. The van der Waals surface area contributed by atoms with Crippen LogP contribution in [0.15, 0.2) is 24.3 Å². The lowest BCUT2D eigenvalue weighted by Crippen LogP contribution is -2.30. The molecule has 0 bridgehead atoms. The largest absolute Gasteiger partial charge is 0.497 e. The maximum atomic E-state index is 11.3. The summed E-state index contributed by atoms with van der Waals surface area (Å²) in [4.78, 5) is 21.5. The van der Waals surface area contributed by atoms with Crippen molar-refractivity contribution in [3.63, 3.8) is 0 Å². The van der Waals surface area contributed by atoms with Crippen molar-refractivity contribution < 1.29 is 19.4 Å². The molecule has 0 aliphatic heterocycles. The fraction of sp³-hybridized carbons (Fsp3) is 0.273. The summed E-state index contributed by atoms with van der Waals surface area (Å²) in [7, 11) is 1.55. The van der Waals surface area contributed by atoms with E-state index in [0.29, 0.717) is 5.75 Å². The number of carbonyl (C=O) groups excluding carboxylic acids is 1. The molecule has 5 heteroatoms. The molecule has 0 saturated carbocycles. The van der Waals surface area contributed by atoms with E-state index in [1.54, 1.807) is 31.4 Å². The topological polar surface area (TPSA) is 75.6 Å². The second-order valence-corrected chi connectivity index (χ2v) is 3.20. The summed E-state index contributed by atoms with van der Waals surface area (Å²) in [5.74, 6) is -0.710. The lowest BCUT2D eigenvalue weighted by atomic mass is 10.1. The first-order valence-corrected chi connectivity index (χ1v) is 4.73. The Morgan fingerprint density at radius 1 is 1.44 bits per heavy atom. The van der Waals surface area contributed by atoms with Crippen molar-refractivity contribution in [3.8, 4) is 5.75 Å². The second-order valence-electron chi connectivity index (χ2n) is 3.20. The van der Waals surface area contributed by atoms with Crippen LogP contribution in [0.1, 0.15) is 5.56 Å². The number of ether oxygens (including phenoxy) is 1. The van der Waals surface area contributed by atoms with Crippen molar-refractivity contribution in [1.82, 2.24) is 5.32 Å². The van der Waals surface area contributed by atoms with Crippen LogP contribution in [0.3, 0.4) is 0 Å². The highest BCUT2D eigenvalue weighted by molar-refractivity contribution is 5.82. The van der Waals surface area contributed by atoms with Gasteiger partial charge >= 0.3 is 5.97 Å². The van der Waals surface area contributed by atoms with Gasteiger partial charge in [-0.3, -0.25) is 9.59 Å². The monoisotopic (exact) mass is 223 g/mol. The van der Waals surface area contributed by atoms with Crippen molar-refractivity contribution in [2.45, 2.75) is 6.42 Å². The van der Waals surface area contributed by atoms with Gasteiger partial charge in [-0.25, -0.2) is 0 Å². The summed E-state index contributed by atoms with van der Waals surface area (Å²) in [5.41, 5.74) is 0.780. The van der Waals surface area contributed by atoms with Crippen LogP contribution in [0.4, 0.5) is 0 Å². The molecule has 86 valence electrons. The zero-order valence-electron chi connectivity index (χ0n) is 8.90. The normalized spacial score (nSPS) is 9.56. The zero-order chi connectivity index (χ0) is 12.0. The van der Waals surface area contributed by atoms with Crippen LogP contribution in [-0.2, 0) is 16.0 Å². The predicted molar refractivity (Wildman–Crippen MR) is 57.3 cm³/mol. The molecule has 0 radical (unpaired) electrons. The number of carbonyl (C=O) groups is 2. The van der Waals surface area contributed by atoms with Crippen molar-refractivity contribution in [1.29, 1.82) is 0 Å². The summed E-state index contributed by atoms with van der Waals surface area (Å²) in [5, 5.41) is 10.7. The van der Waals surface area contributed by atoms with Gasteiger partial charge in [0.2, 0.25) is 5.91 Å². The number of rotatable bonds is 5. The highest BCUT2D eigenvalue weighted by atomic mass is 16.5. The standard InChI is InChI=1S/C11H13NO4/c1-16-9-4-2-3-8(5-9)6-10(13)12-7-11(14)15/h2-5H,6-7H2,1H3,(H,12,13)(H,14,15). The number of carboxylic acid groups (broad SMARTS) is 1. The number of benzene rings is 1. The third-order valence-corrected chi connectivity index (χ3v) is 1.94. The Bertz CT molecular complexity index is 389. The molecule has 0 aromatic heterocycles. The van der Waals surface area contributed by atoms with E-state index in [1.807, 2.05) is 0 Å². The van der Waals surface area contributed by atoms with Gasteiger partial charge in [-0.1, -0.05) is 12.1 Å². The molecule has 5 nitrogen and oxygen atoms in total. The summed E-state index contributed by atoms with van der Waals surface area (Å²) in [6, 6.07) is 7.07. The van der Waals surface area contributed by atoms with E-state index in [2.05, 4.69) is 5.32 Å². The minimum absolute atomic E-state index is 0.143. The average molecular weight is 223 g/mol. The lowest BCUT2D eigenvalue weighted by molar-refractivity contribution is -0.137. The fourth-order valence-electron chi connectivity index (χ4n) is 1.20. The van der Waals surface area contributed by atoms with Crippen LogP contribution in [0.25, 0.3) is 0 Å². The smallest absolute Gasteiger partial charge is 0.322 e. The van der Waals surface area contributed by atoms with Gasteiger partial charge in [0.1, 0.15) is 12.3 Å². The summed E-state index contributed by atoms with van der Waals surface area (Å²) < 4.78 is 5.01. The van der Waals surface area contributed by atoms with E-state index in [0.717, 1.165) is 5.56 Å². The zero-order valence-corrected chi connectivity index (χ0v) is 8.90. The van der Waals surface area contributed by atoms with E-state index >= 15 is 0 Å². The number of nitrogens with one attached hydrogen (secondary N) is 1. The molecular weight excluding hydrogens is 210 g/mol. The highest BCUT2D eigenvalue weighted by Gasteiger charge is 2.05. The first-order chi connectivity index (χ1) is 7.61. The minimum Gasteiger partial charge on any atom is -0.497 e. The van der Waals surface area contributed by atoms with Crippen LogP contribution >= 0.6 is 0 Å². The van der Waals surface area contributed by atoms with Crippen molar-refractivity contribution >= 4 is 11.9 Å². The summed E-state index contributed by atoms with van der Waals surface area (Å²) >= 11 is 0. The number of carboxylic acids is 1. The van der Waals surface area contributed by atoms with Crippen LogP contribution in [0.5, 0.6) is 5.75 Å². The first kappa shape index (κ1) is 12.0. The number of hydrogen-bond acceptors (Lipinski definition) is 3. The van der Waals surface area contributed by atoms with Gasteiger partial charge in [0.25, 0.3) is 0 Å². The van der Waals surface area contributed by atoms with E-state index < -0.39 is 5.97 Å². The van der Waals surface area contributed by atoms with Gasteiger partial charge in [0, 0.05) is 0 Å². The molecule has 2 N–H and O–H groups in total. The molecule has 0 atom stereocenters. The molecule has 1 aromatic rings. The molecule has 16 heavy (non-hydrogen) atoms. The lowest BCUT2D eigenvalue weighted by Gasteiger charge is -2.04. The van der Waals surface area contributed by atoms with E-state index in [-0.39, 0.29) is 18.9 Å². The minimum atomic E-state index is -1.06. The molecular formula is C11H13NO4. The summed E-state index contributed by atoms with van der Waals surface area (Å²) in [6.45, 7) is -0.358. The van der Waals surface area contributed by atoms with E-state index in [4.69, 9.17) is 9.84 Å². The Kier molecular flexibility index (Phi) is 4.32. The van der Waals surface area contributed by atoms with Crippen molar-refractivity contribution in [2.24, 2.45) is 0 Å². The van der Waals surface area contributed by atoms with Crippen LogP contribution < -0.4 is 10.1 Å². The maximum absolute atomic E-state index is 11.3. The fourth-order valence-corrected chi connectivity index (χ4v) is 1.20. The Balaban J connectivity index is 2.52. The average Bonchev–Trinajstić information content (AvgIpc) is 2.26. The highest BCUT2D eigenvalue weighted by Crippen LogP contribution is 2.12. The number of aliphatic carboxylic acids is 1. The quantitative estimate of drug-likeness (QED) is 0.759. The molecule has 0 unspecified atom stereocenters. The molecule has 0 fully saturated rings. The number of hydrogen-bond donors (Lipinski definition) is 2. The molecule has 0 aliphatic rings. The van der Waals surface area contributed by atoms with Gasteiger partial charge < -0.3 is 15.2 Å². The van der Waals surface area contributed by atoms with Crippen molar-refractivity contribution in [2.75, 3.05) is 13.7 Å². The van der Waals surface area contributed by atoms with Crippen LogP contribution in [-0.4, -0.2) is 30.6 Å². The maximum Gasteiger partial charge on any atom is 0.322 e. The molecule has 1 amide bonds. The molecule has 0 aliphatic carbocycles. The van der Waals surface area contributed by atoms with Gasteiger partial charge in [-0.15, -0.1) is 0 Å². The van der Waals surface area contributed by atoms with Gasteiger partial charge in [-0.05, 0) is 17.7 Å². The Hall–Kier alpha value is -2.04. The SMILES string of the molecule is COc1cccc(CC(=O)NCC(=O)O)c1. The number of amides is 1. The van der Waals surface area contributed by atoms with Gasteiger partial charge in [0.15, 0.2) is 0 Å². The van der Waals surface area contributed by atoms with Crippen molar-refractivity contribution in [3.05, 3.63) is 29.8 Å². The molecule has 0 spiro atoms. The molecule has 1 rings (SSSR count). The molecule has 0 saturated heterocycles.